The average Bonchev–Trinajstić information content (AvgIpc) is 3.50. The van der Waals surface area contributed by atoms with Gasteiger partial charge in [0, 0.05) is 40.4 Å². The number of carbonyl (C=O) groups excluding carboxylic acids is 1. The number of Topliss-reactive ketones (excluding diaryl/α,β-unsaturated/α-hetero) is 1. The standard InChI is InChI=1S/C18H16F3NO2S/c19-18(20,21)14-4-3-13(25-14)17-15(16(17)12(24)8-23)10-5-6-22-11(7-10)9-1-2-9/h3-7,9,15-17,23H,1-2,8H2/t15-,16-,17+/m0/s1. The maximum absolute atomic E-state index is 12.9. The van der Waals surface area contributed by atoms with Crippen LogP contribution >= 0.6 is 11.3 Å². The van der Waals surface area contributed by atoms with Crippen LogP contribution in [0.3, 0.4) is 0 Å². The number of aromatic nitrogens is 1. The molecule has 3 nitrogen and oxygen atoms in total. The molecule has 25 heavy (non-hydrogen) atoms. The summed E-state index contributed by atoms with van der Waals surface area (Å²) >= 11 is 0.689. The van der Waals surface area contributed by atoms with Crippen molar-refractivity contribution in [1.29, 1.82) is 0 Å². The van der Waals surface area contributed by atoms with Gasteiger partial charge in [-0.25, -0.2) is 0 Å². The Morgan fingerprint density at radius 2 is 2.00 bits per heavy atom. The third-order valence-corrected chi connectivity index (χ3v) is 6.20. The Kier molecular flexibility index (Phi) is 3.96. The lowest BCUT2D eigenvalue weighted by molar-refractivity contribution is -0.134. The Bertz CT molecular complexity index is 813. The highest BCUT2D eigenvalue weighted by Gasteiger charge is 2.56. The summed E-state index contributed by atoms with van der Waals surface area (Å²) in [4.78, 5) is 16.3. The number of aliphatic hydroxyl groups is 1. The zero-order valence-corrected chi connectivity index (χ0v) is 14.0. The van der Waals surface area contributed by atoms with E-state index in [0.717, 1.165) is 30.2 Å². The average molecular weight is 367 g/mol. The molecule has 2 aromatic rings. The second-order valence-electron chi connectivity index (χ2n) is 6.69. The highest BCUT2D eigenvalue weighted by molar-refractivity contribution is 7.12. The molecule has 0 aliphatic heterocycles. The summed E-state index contributed by atoms with van der Waals surface area (Å²) in [6.45, 7) is -0.588. The number of aliphatic hydroxyl groups excluding tert-OH is 1. The third kappa shape index (κ3) is 3.11. The van der Waals surface area contributed by atoms with Gasteiger partial charge in [0.25, 0.3) is 0 Å². The van der Waals surface area contributed by atoms with Crippen molar-refractivity contribution < 1.29 is 23.1 Å². The van der Waals surface area contributed by atoms with E-state index in [2.05, 4.69) is 4.98 Å². The first kappa shape index (κ1) is 16.7. The fourth-order valence-electron chi connectivity index (χ4n) is 3.55. The van der Waals surface area contributed by atoms with Crippen molar-refractivity contribution in [1.82, 2.24) is 4.98 Å². The maximum atomic E-state index is 12.9. The Balaban J connectivity index is 1.65. The molecule has 132 valence electrons. The molecule has 2 fully saturated rings. The second kappa shape index (κ2) is 5.92. The fraction of sp³-hybridized carbons (Fsp3) is 0.444. The van der Waals surface area contributed by atoms with E-state index in [1.165, 1.54) is 6.07 Å². The predicted octanol–water partition coefficient (Wildman–Crippen LogP) is 4.10. The van der Waals surface area contributed by atoms with Gasteiger partial charge in [-0.2, -0.15) is 13.2 Å². The lowest BCUT2D eigenvalue weighted by Gasteiger charge is -2.03. The summed E-state index contributed by atoms with van der Waals surface area (Å²) in [5.41, 5.74) is 1.91. The number of pyridine rings is 1. The Morgan fingerprint density at radius 3 is 2.60 bits per heavy atom. The molecule has 0 unspecified atom stereocenters. The first-order valence-corrected chi connectivity index (χ1v) is 8.98. The van der Waals surface area contributed by atoms with E-state index in [1.54, 1.807) is 6.20 Å². The van der Waals surface area contributed by atoms with E-state index in [1.807, 2.05) is 12.1 Å². The van der Waals surface area contributed by atoms with Crippen LogP contribution in [-0.4, -0.2) is 22.5 Å². The molecule has 2 saturated carbocycles. The molecular formula is C18H16F3NO2S. The first-order chi connectivity index (χ1) is 11.9. The molecule has 7 heteroatoms. The van der Waals surface area contributed by atoms with Crippen LogP contribution in [0.5, 0.6) is 0 Å². The number of hydrogen-bond acceptors (Lipinski definition) is 4. The summed E-state index contributed by atoms with van der Waals surface area (Å²) in [5, 5.41) is 9.22. The number of hydrogen-bond donors (Lipinski definition) is 1. The largest absolute Gasteiger partial charge is 0.425 e. The summed E-state index contributed by atoms with van der Waals surface area (Å²) in [7, 11) is 0. The van der Waals surface area contributed by atoms with Crippen molar-refractivity contribution in [3.63, 3.8) is 0 Å². The number of alkyl halides is 3. The highest BCUT2D eigenvalue weighted by atomic mass is 32.1. The van der Waals surface area contributed by atoms with Gasteiger partial charge in [0.15, 0.2) is 5.78 Å². The van der Waals surface area contributed by atoms with Gasteiger partial charge in [0.1, 0.15) is 11.5 Å². The van der Waals surface area contributed by atoms with Crippen LogP contribution in [0, 0.1) is 5.92 Å². The molecule has 0 radical (unpaired) electrons. The van der Waals surface area contributed by atoms with Crippen molar-refractivity contribution in [2.75, 3.05) is 6.61 Å². The minimum Gasteiger partial charge on any atom is -0.389 e. The van der Waals surface area contributed by atoms with Crippen LogP contribution in [0.4, 0.5) is 13.2 Å². The fourth-order valence-corrected chi connectivity index (χ4v) is 4.62. The lowest BCUT2D eigenvalue weighted by Crippen LogP contribution is -2.08. The number of halogens is 3. The monoisotopic (exact) mass is 367 g/mol. The minimum absolute atomic E-state index is 0.181. The molecule has 2 aliphatic rings. The number of carbonyl (C=O) groups is 1. The summed E-state index contributed by atoms with van der Waals surface area (Å²) in [6.07, 6.45) is -0.471. The van der Waals surface area contributed by atoms with Crippen LogP contribution in [0.25, 0.3) is 0 Å². The zero-order valence-electron chi connectivity index (χ0n) is 13.2. The molecule has 0 spiro atoms. The van der Waals surface area contributed by atoms with E-state index in [4.69, 9.17) is 0 Å². The van der Waals surface area contributed by atoms with E-state index in [9.17, 15) is 23.1 Å². The Hall–Kier alpha value is -1.73. The van der Waals surface area contributed by atoms with Crippen LogP contribution in [0.1, 0.15) is 51.6 Å². The quantitative estimate of drug-likeness (QED) is 0.866. The topological polar surface area (TPSA) is 50.2 Å². The first-order valence-electron chi connectivity index (χ1n) is 8.16. The molecule has 4 rings (SSSR count). The van der Waals surface area contributed by atoms with Crippen molar-refractivity contribution in [3.05, 3.63) is 51.5 Å². The second-order valence-corrected chi connectivity index (χ2v) is 7.81. The van der Waals surface area contributed by atoms with Gasteiger partial charge in [0.05, 0.1) is 0 Å². The van der Waals surface area contributed by atoms with Crippen molar-refractivity contribution in [3.8, 4) is 0 Å². The number of ketones is 1. The molecule has 0 saturated heterocycles. The maximum Gasteiger partial charge on any atom is 0.425 e. The van der Waals surface area contributed by atoms with Crippen molar-refractivity contribution in [2.24, 2.45) is 5.92 Å². The summed E-state index contributed by atoms with van der Waals surface area (Å²) in [5.74, 6) is -0.793. The third-order valence-electron chi connectivity index (χ3n) is 4.97. The van der Waals surface area contributed by atoms with Gasteiger partial charge in [-0.1, -0.05) is 0 Å². The van der Waals surface area contributed by atoms with E-state index in [-0.39, 0.29) is 17.6 Å². The molecule has 0 aromatic carbocycles. The number of rotatable bonds is 5. The summed E-state index contributed by atoms with van der Waals surface area (Å²) in [6, 6.07) is 6.32. The molecule has 1 N–H and O–H groups in total. The number of nitrogens with zero attached hydrogens (tertiary/aromatic N) is 1. The van der Waals surface area contributed by atoms with Gasteiger partial charge >= 0.3 is 6.18 Å². The minimum atomic E-state index is -4.38. The van der Waals surface area contributed by atoms with Crippen LogP contribution in [0.15, 0.2) is 30.5 Å². The highest BCUT2D eigenvalue weighted by Crippen LogP contribution is 2.62. The van der Waals surface area contributed by atoms with Gasteiger partial charge in [-0.05, 0) is 42.7 Å². The lowest BCUT2D eigenvalue weighted by atomic mass is 10.1. The van der Waals surface area contributed by atoms with Gasteiger partial charge in [-0.3, -0.25) is 9.78 Å². The molecule has 0 amide bonds. The zero-order chi connectivity index (χ0) is 17.8. The van der Waals surface area contributed by atoms with E-state index >= 15 is 0 Å². The van der Waals surface area contributed by atoms with Crippen LogP contribution < -0.4 is 0 Å². The smallest absolute Gasteiger partial charge is 0.389 e. The molecule has 2 aromatic heterocycles. The van der Waals surface area contributed by atoms with Crippen molar-refractivity contribution in [2.45, 2.75) is 36.8 Å². The van der Waals surface area contributed by atoms with Crippen molar-refractivity contribution >= 4 is 17.1 Å². The molecule has 3 atom stereocenters. The molecule has 0 bridgehead atoms. The van der Waals surface area contributed by atoms with Gasteiger partial charge in [0.2, 0.25) is 0 Å². The molecule has 2 heterocycles. The van der Waals surface area contributed by atoms with E-state index in [0.29, 0.717) is 22.1 Å². The van der Waals surface area contributed by atoms with E-state index < -0.39 is 23.6 Å². The normalized spacial score (nSPS) is 25.8. The van der Waals surface area contributed by atoms with Gasteiger partial charge in [-0.15, -0.1) is 11.3 Å². The predicted molar refractivity (Wildman–Crippen MR) is 86.6 cm³/mol. The Morgan fingerprint density at radius 1 is 1.24 bits per heavy atom. The van der Waals surface area contributed by atoms with Crippen LogP contribution in [-0.2, 0) is 11.0 Å². The SMILES string of the molecule is O=C(CO)[C@H]1[C@H](c2ccnc(C3CC3)c2)[C@H]1c1ccc(C(F)(F)F)s1. The number of thiophene rings is 1. The Labute approximate surface area is 146 Å². The molecular weight excluding hydrogens is 351 g/mol. The summed E-state index contributed by atoms with van der Waals surface area (Å²) < 4.78 is 38.6. The van der Waals surface area contributed by atoms with Crippen LogP contribution in [0.2, 0.25) is 0 Å². The molecule has 2 aliphatic carbocycles. The van der Waals surface area contributed by atoms with Gasteiger partial charge < -0.3 is 5.11 Å².